The summed E-state index contributed by atoms with van der Waals surface area (Å²) in [7, 11) is 1.63. The zero-order valence-electron chi connectivity index (χ0n) is 17.3. The van der Waals surface area contributed by atoms with Gasteiger partial charge in [0.2, 0.25) is 5.91 Å². The van der Waals surface area contributed by atoms with Crippen molar-refractivity contribution in [2.75, 3.05) is 20.2 Å². The quantitative estimate of drug-likeness (QED) is 0.573. The van der Waals surface area contributed by atoms with E-state index in [9.17, 15) is 9.59 Å². The molecule has 0 unspecified atom stereocenters. The van der Waals surface area contributed by atoms with Crippen molar-refractivity contribution in [1.82, 2.24) is 4.90 Å². The molecule has 2 aromatic rings. The lowest BCUT2D eigenvalue weighted by molar-refractivity contribution is -0.130. The van der Waals surface area contributed by atoms with E-state index in [-0.39, 0.29) is 18.1 Å². The number of Topliss-reactive ketones (excluding diaryl/α,β-unsaturated/α-hetero) is 1. The second-order valence-electron chi connectivity index (χ2n) is 7.91. The average molecular weight is 390 g/mol. The van der Waals surface area contributed by atoms with Crippen molar-refractivity contribution < 1.29 is 14.3 Å². The summed E-state index contributed by atoms with van der Waals surface area (Å²) in [5.41, 5.74) is 0.353. The van der Waals surface area contributed by atoms with Crippen molar-refractivity contribution in [3.05, 3.63) is 28.6 Å². The number of thiophene rings is 1. The molecule has 0 spiro atoms. The fourth-order valence-electron chi connectivity index (χ4n) is 3.12. The lowest BCUT2D eigenvalue weighted by atomic mass is 9.88. The lowest BCUT2D eigenvalue weighted by Crippen LogP contribution is -2.34. The van der Waals surface area contributed by atoms with Crippen LogP contribution in [0.5, 0.6) is 5.75 Å². The number of rotatable bonds is 8. The number of hydrogen-bond donors (Lipinski definition) is 0. The Morgan fingerprint density at radius 2 is 1.74 bits per heavy atom. The summed E-state index contributed by atoms with van der Waals surface area (Å²) in [5, 5.41) is 0.952. The second-order valence-corrected chi connectivity index (χ2v) is 8.96. The van der Waals surface area contributed by atoms with Crippen LogP contribution in [0.1, 0.15) is 62.7 Å². The Morgan fingerprint density at radius 3 is 2.26 bits per heavy atom. The van der Waals surface area contributed by atoms with Crippen LogP contribution in [-0.4, -0.2) is 36.8 Å². The molecule has 0 N–H and O–H groups in total. The lowest BCUT2D eigenvalue weighted by Gasteiger charge is -2.22. The molecule has 1 amide bonds. The Labute approximate surface area is 166 Å². The number of methoxy groups -OCH3 is 1. The van der Waals surface area contributed by atoms with Gasteiger partial charge in [0, 0.05) is 28.6 Å². The zero-order chi connectivity index (χ0) is 20.2. The molecule has 1 aromatic heterocycles. The first kappa shape index (κ1) is 21.4. The number of ketones is 1. The largest absolute Gasteiger partial charge is 0.497 e. The van der Waals surface area contributed by atoms with E-state index in [1.807, 2.05) is 43.9 Å². The molecule has 0 bridgehead atoms. The van der Waals surface area contributed by atoms with E-state index in [0.29, 0.717) is 4.88 Å². The molecule has 4 nitrogen and oxygen atoms in total. The zero-order valence-corrected chi connectivity index (χ0v) is 18.2. The minimum Gasteiger partial charge on any atom is -0.497 e. The van der Waals surface area contributed by atoms with E-state index in [1.54, 1.807) is 7.11 Å². The maximum Gasteiger partial charge on any atom is 0.227 e. The van der Waals surface area contributed by atoms with Crippen molar-refractivity contribution in [3.63, 3.8) is 0 Å². The van der Waals surface area contributed by atoms with Crippen molar-refractivity contribution in [2.24, 2.45) is 5.41 Å². The molecule has 0 radical (unpaired) electrons. The summed E-state index contributed by atoms with van der Waals surface area (Å²) < 4.78 is 6.39. The number of benzene rings is 1. The first-order valence-corrected chi connectivity index (χ1v) is 10.5. The van der Waals surface area contributed by atoms with Crippen LogP contribution in [0.4, 0.5) is 0 Å². The standard InChI is InChI=1S/C22H31NO3S/c1-7-11-23(12-8-2)19(24)14-17-16-13-15(26-6)9-10-18(16)27-20(17)21(25)22(3,4)5/h9-10,13H,7-8,11-12,14H2,1-6H3. The van der Waals surface area contributed by atoms with Crippen LogP contribution < -0.4 is 4.74 Å². The maximum atomic E-state index is 13.1. The van der Waals surface area contributed by atoms with Gasteiger partial charge in [-0.05, 0) is 36.6 Å². The van der Waals surface area contributed by atoms with Gasteiger partial charge in [0.1, 0.15) is 5.75 Å². The van der Waals surface area contributed by atoms with Crippen LogP contribution >= 0.6 is 11.3 Å². The van der Waals surface area contributed by atoms with E-state index in [1.165, 1.54) is 11.3 Å². The highest BCUT2D eigenvalue weighted by Crippen LogP contribution is 2.37. The topological polar surface area (TPSA) is 46.6 Å². The van der Waals surface area contributed by atoms with Crippen LogP contribution in [0.25, 0.3) is 10.1 Å². The molecule has 27 heavy (non-hydrogen) atoms. The number of ether oxygens (including phenoxy) is 1. The first-order chi connectivity index (χ1) is 12.7. The van der Waals surface area contributed by atoms with Crippen LogP contribution in [-0.2, 0) is 11.2 Å². The van der Waals surface area contributed by atoms with Gasteiger partial charge in [0.05, 0.1) is 18.4 Å². The molecule has 148 valence electrons. The molecule has 1 aromatic carbocycles. The highest BCUT2D eigenvalue weighted by Gasteiger charge is 2.29. The Hall–Kier alpha value is -1.88. The minimum atomic E-state index is -0.491. The Morgan fingerprint density at radius 1 is 1.11 bits per heavy atom. The van der Waals surface area contributed by atoms with Gasteiger partial charge in [-0.3, -0.25) is 9.59 Å². The van der Waals surface area contributed by atoms with Crippen LogP contribution in [0.3, 0.4) is 0 Å². The average Bonchev–Trinajstić information content (AvgIpc) is 2.97. The molecule has 1 heterocycles. The van der Waals surface area contributed by atoms with Gasteiger partial charge >= 0.3 is 0 Å². The molecular formula is C22H31NO3S. The third kappa shape index (κ3) is 4.89. The Balaban J connectivity index is 2.53. The number of fused-ring (bicyclic) bond motifs is 1. The van der Waals surface area contributed by atoms with E-state index >= 15 is 0 Å². The van der Waals surface area contributed by atoms with E-state index in [4.69, 9.17) is 4.74 Å². The van der Waals surface area contributed by atoms with Crippen LogP contribution in [0.15, 0.2) is 18.2 Å². The fraction of sp³-hybridized carbons (Fsp3) is 0.545. The second kappa shape index (κ2) is 8.87. The smallest absolute Gasteiger partial charge is 0.227 e. The SMILES string of the molecule is CCCN(CCC)C(=O)Cc1c(C(=O)C(C)(C)C)sc2ccc(OC)cc12. The highest BCUT2D eigenvalue weighted by molar-refractivity contribution is 7.21. The van der Waals surface area contributed by atoms with Crippen molar-refractivity contribution in [2.45, 2.75) is 53.9 Å². The summed E-state index contributed by atoms with van der Waals surface area (Å²) in [6.45, 7) is 11.4. The number of amides is 1. The van der Waals surface area contributed by atoms with Crippen molar-refractivity contribution in [1.29, 1.82) is 0 Å². The number of nitrogens with zero attached hydrogens (tertiary/aromatic N) is 1. The highest BCUT2D eigenvalue weighted by atomic mass is 32.1. The molecule has 0 aliphatic carbocycles. The monoisotopic (exact) mass is 389 g/mol. The van der Waals surface area contributed by atoms with Gasteiger partial charge in [-0.1, -0.05) is 34.6 Å². The molecule has 0 saturated carbocycles. The van der Waals surface area contributed by atoms with Crippen LogP contribution in [0, 0.1) is 5.41 Å². The first-order valence-electron chi connectivity index (χ1n) is 9.64. The van der Waals surface area contributed by atoms with E-state index in [2.05, 4.69) is 13.8 Å². The third-order valence-electron chi connectivity index (χ3n) is 4.55. The molecule has 0 saturated heterocycles. The predicted octanol–water partition coefficient (Wildman–Crippen LogP) is 5.33. The van der Waals surface area contributed by atoms with Gasteiger partial charge in [-0.25, -0.2) is 0 Å². The molecule has 2 rings (SSSR count). The van der Waals surface area contributed by atoms with Crippen LogP contribution in [0.2, 0.25) is 0 Å². The molecule has 5 heteroatoms. The Bertz CT molecular complexity index is 811. The maximum absolute atomic E-state index is 13.1. The minimum absolute atomic E-state index is 0.0861. The van der Waals surface area contributed by atoms with E-state index < -0.39 is 5.41 Å². The predicted molar refractivity (Wildman–Crippen MR) is 113 cm³/mol. The number of hydrogen-bond acceptors (Lipinski definition) is 4. The summed E-state index contributed by atoms with van der Waals surface area (Å²) >= 11 is 1.48. The Kier molecular flexibility index (Phi) is 7.04. The summed E-state index contributed by atoms with van der Waals surface area (Å²) in [6, 6.07) is 5.82. The normalized spacial score (nSPS) is 11.6. The van der Waals surface area contributed by atoms with Gasteiger partial charge in [0.25, 0.3) is 0 Å². The molecular weight excluding hydrogens is 358 g/mol. The summed E-state index contributed by atoms with van der Waals surface area (Å²) in [4.78, 5) is 28.7. The molecule has 0 atom stereocenters. The molecule has 0 fully saturated rings. The number of carbonyl (C=O) groups is 2. The van der Waals surface area contributed by atoms with Crippen molar-refractivity contribution in [3.8, 4) is 5.75 Å². The summed E-state index contributed by atoms with van der Waals surface area (Å²) in [6.07, 6.45) is 2.11. The molecule has 0 aliphatic heterocycles. The molecule has 0 aliphatic rings. The van der Waals surface area contributed by atoms with Crippen molar-refractivity contribution >= 4 is 33.1 Å². The fourth-order valence-corrected chi connectivity index (χ4v) is 4.47. The van der Waals surface area contributed by atoms with Gasteiger partial charge in [-0.2, -0.15) is 0 Å². The van der Waals surface area contributed by atoms with Gasteiger partial charge < -0.3 is 9.64 Å². The van der Waals surface area contributed by atoms with Gasteiger partial charge in [-0.15, -0.1) is 11.3 Å². The third-order valence-corrected chi connectivity index (χ3v) is 5.76. The summed E-state index contributed by atoms with van der Waals surface area (Å²) in [5.74, 6) is 0.912. The van der Waals surface area contributed by atoms with E-state index in [0.717, 1.165) is 47.3 Å². The van der Waals surface area contributed by atoms with Gasteiger partial charge in [0.15, 0.2) is 5.78 Å². The number of carbonyl (C=O) groups excluding carboxylic acids is 2.